The largest absolute Gasteiger partial charge is 0.462 e. The van der Waals surface area contributed by atoms with Crippen molar-refractivity contribution >= 4 is 17.9 Å². The first kappa shape index (κ1) is 74.2. The summed E-state index contributed by atoms with van der Waals surface area (Å²) in [5.74, 6) is -1.03. The minimum absolute atomic E-state index is 0.122. The number of rotatable bonds is 54. The van der Waals surface area contributed by atoms with Gasteiger partial charge in [0.05, 0.1) is 0 Å². The Hall–Kier alpha value is -5.75. The Morgan fingerprint density at radius 3 is 0.825 bits per heavy atom. The molecule has 0 rings (SSSR count). The van der Waals surface area contributed by atoms with E-state index < -0.39 is 6.10 Å². The SMILES string of the molecule is CC/C=C\C/C=C\C/C=C\C/C=C\C/C=C\C/C=C\C/C=C\C/C=C\C/C=C\CCCC(=O)OCC(COC(=O)CCCCCCC/C=C\CCC)OC(=O)CCCCCC/C=C\C/C=C\C/C=C\C/C=C\C/C=C\C/C=C\CC. The Balaban J connectivity index is 4.47. The van der Waals surface area contributed by atoms with Crippen LogP contribution in [0.15, 0.2) is 194 Å². The molecule has 1 unspecified atom stereocenters. The van der Waals surface area contributed by atoms with Crippen molar-refractivity contribution in [2.75, 3.05) is 13.2 Å². The predicted octanol–water partition coefficient (Wildman–Crippen LogP) is 21.8. The third kappa shape index (κ3) is 63.1. The first-order chi connectivity index (χ1) is 39.5. The maximum Gasteiger partial charge on any atom is 0.306 e. The van der Waals surface area contributed by atoms with E-state index in [0.29, 0.717) is 12.8 Å². The Labute approximate surface area is 490 Å². The number of carbonyl (C=O) groups is 3. The van der Waals surface area contributed by atoms with E-state index >= 15 is 0 Å². The third-order valence-corrected chi connectivity index (χ3v) is 12.3. The minimum atomic E-state index is -0.831. The van der Waals surface area contributed by atoms with Gasteiger partial charge in [-0.1, -0.05) is 254 Å². The van der Waals surface area contributed by atoms with E-state index in [-0.39, 0.29) is 44.0 Å². The molecule has 0 N–H and O–H groups in total. The molecule has 0 spiro atoms. The second kappa shape index (κ2) is 65.8. The van der Waals surface area contributed by atoms with Crippen LogP contribution in [0.3, 0.4) is 0 Å². The lowest BCUT2D eigenvalue weighted by Gasteiger charge is -2.18. The normalized spacial score (nSPS) is 13.5. The van der Waals surface area contributed by atoms with Gasteiger partial charge < -0.3 is 14.2 Å². The molecule has 0 aromatic rings. The molecule has 0 aliphatic rings. The molecule has 0 aliphatic heterocycles. The molecule has 0 fully saturated rings. The standard InChI is InChI=1S/C74H112O6/c1-4-7-10-13-16-19-22-24-26-28-30-32-34-35-36-37-38-39-41-42-44-46-48-50-52-55-58-61-64-67-73(76)79-70-71(69-78-72(75)66-63-60-57-54-21-18-15-12-9-6-3)80-74(77)68-65-62-59-56-53-51-49-47-45-43-40-33-31-29-27-25-23-20-17-14-11-8-5-2/h7-8,10-12,15-17,19-20,24-27,30-33,35-36,38-39,42-45,48-51,55,58,71H,4-6,9,13-14,18,21-23,28-29,34,37,40-41,46-47,52-54,56-57,59-70H2,1-3H3/b10-7-,11-8-,15-12-,19-16-,20-17-,26-24-,27-25-,32-30-,33-31-,36-35-,39-38-,44-42-,45-43-,50-48-,51-49-,58-55-. The summed E-state index contributed by atoms with van der Waals surface area (Å²) in [5, 5.41) is 0. The number of carbonyl (C=O) groups excluding carboxylic acids is 3. The molecule has 1 atom stereocenters. The molecular weight excluding hydrogens is 985 g/mol. The number of allylic oxidation sites excluding steroid dienone is 32. The van der Waals surface area contributed by atoms with Crippen LogP contribution in [0.5, 0.6) is 0 Å². The van der Waals surface area contributed by atoms with Gasteiger partial charge in [0.25, 0.3) is 0 Å². The molecule has 0 aliphatic carbocycles. The lowest BCUT2D eigenvalue weighted by Crippen LogP contribution is -2.30. The van der Waals surface area contributed by atoms with Gasteiger partial charge >= 0.3 is 17.9 Å². The summed E-state index contributed by atoms with van der Waals surface area (Å²) in [6.45, 7) is 6.25. The van der Waals surface area contributed by atoms with Crippen molar-refractivity contribution in [2.24, 2.45) is 0 Å². The maximum absolute atomic E-state index is 12.9. The Kier molecular flexibility index (Phi) is 61.0. The van der Waals surface area contributed by atoms with Gasteiger partial charge in [-0.15, -0.1) is 0 Å². The van der Waals surface area contributed by atoms with Gasteiger partial charge in [0.15, 0.2) is 6.10 Å². The van der Waals surface area contributed by atoms with Crippen LogP contribution < -0.4 is 0 Å². The van der Waals surface area contributed by atoms with E-state index in [1.807, 2.05) is 0 Å². The highest BCUT2D eigenvalue weighted by Crippen LogP contribution is 2.12. The molecule has 6 nitrogen and oxygen atoms in total. The van der Waals surface area contributed by atoms with Crippen molar-refractivity contribution < 1.29 is 28.6 Å². The van der Waals surface area contributed by atoms with E-state index in [4.69, 9.17) is 14.2 Å². The second-order valence-electron chi connectivity index (χ2n) is 19.8. The first-order valence-electron chi connectivity index (χ1n) is 31.4. The van der Waals surface area contributed by atoms with Crippen molar-refractivity contribution in [1.29, 1.82) is 0 Å². The average molecular weight is 1100 g/mol. The summed E-state index contributed by atoms with van der Waals surface area (Å²) >= 11 is 0. The summed E-state index contributed by atoms with van der Waals surface area (Å²) in [4.78, 5) is 38.2. The summed E-state index contributed by atoms with van der Waals surface area (Å²) in [6.07, 6.45) is 100. The molecule has 0 radical (unpaired) electrons. The van der Waals surface area contributed by atoms with E-state index in [9.17, 15) is 14.4 Å². The van der Waals surface area contributed by atoms with Crippen molar-refractivity contribution in [1.82, 2.24) is 0 Å². The van der Waals surface area contributed by atoms with Gasteiger partial charge in [-0.05, 0) is 154 Å². The number of hydrogen-bond acceptors (Lipinski definition) is 6. The monoisotopic (exact) mass is 1100 g/mol. The van der Waals surface area contributed by atoms with Gasteiger partial charge in [0.2, 0.25) is 0 Å². The van der Waals surface area contributed by atoms with Crippen molar-refractivity contribution in [3.05, 3.63) is 194 Å². The van der Waals surface area contributed by atoms with E-state index in [0.717, 1.165) is 173 Å². The lowest BCUT2D eigenvalue weighted by atomic mass is 10.1. The average Bonchev–Trinajstić information content (AvgIpc) is 3.46. The zero-order chi connectivity index (χ0) is 57.8. The molecule has 0 heterocycles. The van der Waals surface area contributed by atoms with Crippen LogP contribution in [0.2, 0.25) is 0 Å². The summed E-state index contributed by atoms with van der Waals surface area (Å²) < 4.78 is 16.8. The number of unbranched alkanes of at least 4 members (excludes halogenated alkanes) is 11. The quantitative estimate of drug-likeness (QED) is 0.0261. The van der Waals surface area contributed by atoms with Gasteiger partial charge in [-0.2, -0.15) is 0 Å². The van der Waals surface area contributed by atoms with Crippen LogP contribution in [0.4, 0.5) is 0 Å². The molecule has 0 bridgehead atoms. The fraction of sp³-hybridized carbons (Fsp3) is 0.527. The van der Waals surface area contributed by atoms with Crippen molar-refractivity contribution in [2.45, 2.75) is 239 Å². The van der Waals surface area contributed by atoms with Gasteiger partial charge in [-0.3, -0.25) is 14.4 Å². The molecule has 0 saturated carbocycles. The predicted molar refractivity (Wildman–Crippen MR) is 347 cm³/mol. The molecule has 0 amide bonds. The van der Waals surface area contributed by atoms with Crippen LogP contribution in [-0.2, 0) is 28.6 Å². The van der Waals surface area contributed by atoms with Crippen LogP contribution in [0, 0.1) is 0 Å². The summed E-state index contributed by atoms with van der Waals surface area (Å²) in [5.41, 5.74) is 0. The summed E-state index contributed by atoms with van der Waals surface area (Å²) in [6, 6.07) is 0. The van der Waals surface area contributed by atoms with Crippen molar-refractivity contribution in [3.8, 4) is 0 Å². The zero-order valence-electron chi connectivity index (χ0n) is 50.8. The minimum Gasteiger partial charge on any atom is -0.462 e. The smallest absolute Gasteiger partial charge is 0.306 e. The highest BCUT2D eigenvalue weighted by Gasteiger charge is 2.19. The fourth-order valence-electron chi connectivity index (χ4n) is 7.68. The lowest BCUT2D eigenvalue weighted by molar-refractivity contribution is -0.167. The summed E-state index contributed by atoms with van der Waals surface area (Å²) in [7, 11) is 0. The van der Waals surface area contributed by atoms with Crippen molar-refractivity contribution in [3.63, 3.8) is 0 Å². The third-order valence-electron chi connectivity index (χ3n) is 12.3. The number of ether oxygens (including phenoxy) is 3. The number of esters is 3. The maximum atomic E-state index is 12.9. The molecule has 0 saturated heterocycles. The molecule has 6 heteroatoms. The highest BCUT2D eigenvalue weighted by molar-refractivity contribution is 5.71. The van der Waals surface area contributed by atoms with Crippen LogP contribution in [0.25, 0.3) is 0 Å². The van der Waals surface area contributed by atoms with Gasteiger partial charge in [0.1, 0.15) is 13.2 Å². The van der Waals surface area contributed by atoms with Crippen LogP contribution in [0.1, 0.15) is 233 Å². The Morgan fingerprint density at radius 1 is 0.263 bits per heavy atom. The first-order valence-corrected chi connectivity index (χ1v) is 31.4. The zero-order valence-corrected chi connectivity index (χ0v) is 50.8. The van der Waals surface area contributed by atoms with E-state index in [1.54, 1.807) is 0 Å². The molecule has 444 valence electrons. The second-order valence-corrected chi connectivity index (χ2v) is 19.8. The highest BCUT2D eigenvalue weighted by atomic mass is 16.6. The number of hydrogen-bond donors (Lipinski definition) is 0. The molecule has 80 heavy (non-hydrogen) atoms. The van der Waals surface area contributed by atoms with E-state index in [1.165, 1.54) is 12.8 Å². The Bertz CT molecular complexity index is 1930. The van der Waals surface area contributed by atoms with Crippen LogP contribution in [-0.4, -0.2) is 37.2 Å². The molecular formula is C74H112O6. The molecule has 0 aromatic carbocycles. The van der Waals surface area contributed by atoms with E-state index in [2.05, 4.69) is 215 Å². The topological polar surface area (TPSA) is 78.9 Å². The van der Waals surface area contributed by atoms with Gasteiger partial charge in [0, 0.05) is 19.3 Å². The Morgan fingerprint density at radius 2 is 0.500 bits per heavy atom. The fourth-order valence-corrected chi connectivity index (χ4v) is 7.68. The van der Waals surface area contributed by atoms with Gasteiger partial charge in [-0.25, -0.2) is 0 Å². The van der Waals surface area contributed by atoms with Crippen LogP contribution >= 0.6 is 0 Å². The molecule has 0 aromatic heterocycles.